The Labute approximate surface area is 47.8 Å². The molecule has 0 fully saturated rings. The fraction of sp³-hybridized carbons (Fsp3) is 1.00. The van der Waals surface area contributed by atoms with Crippen molar-refractivity contribution >= 4 is 0 Å². The molecule has 6 heteroatoms. The second kappa shape index (κ2) is 4.91. The van der Waals surface area contributed by atoms with Gasteiger partial charge in [0, 0.05) is 0 Å². The Morgan fingerprint density at radius 2 is 2.25 bits per heavy atom. The van der Waals surface area contributed by atoms with Gasteiger partial charge in [-0.2, -0.15) is 11.1 Å². The molecule has 0 rings (SSSR count). The van der Waals surface area contributed by atoms with Gasteiger partial charge in [-0.3, -0.25) is 10.7 Å². The smallest absolute Gasteiger partial charge is 0.0608 e. The molecule has 8 heavy (non-hydrogen) atoms. The second-order valence-electron chi connectivity index (χ2n) is 0.968. The first-order valence-corrected chi connectivity index (χ1v) is 2.08. The topological polar surface area (TPSA) is 74.6 Å². The average molecular weight is 121 g/mol. The zero-order valence-electron chi connectivity index (χ0n) is 4.93. The Hall–Kier alpha value is -0.240. The van der Waals surface area contributed by atoms with Crippen LogP contribution in [0.3, 0.4) is 0 Å². The Balaban J connectivity index is 3.07. The summed E-state index contributed by atoms with van der Waals surface area (Å²) in [5.74, 6) is 4.92. The molecule has 0 saturated carbocycles. The monoisotopic (exact) mass is 121 g/mol. The Kier molecular flexibility index (Phi) is 4.76. The standard InChI is InChI=1S/C2H11N5O/c1-4-6-7(5-3)8-2/h4-6H,3H2,1-2H3. The van der Waals surface area contributed by atoms with Crippen LogP contribution in [-0.4, -0.2) is 19.4 Å². The lowest BCUT2D eigenvalue weighted by molar-refractivity contribution is -0.219. The van der Waals surface area contributed by atoms with Gasteiger partial charge in [0.1, 0.15) is 0 Å². The van der Waals surface area contributed by atoms with Crippen molar-refractivity contribution in [2.24, 2.45) is 5.84 Å². The van der Waals surface area contributed by atoms with Crippen molar-refractivity contribution in [3.8, 4) is 0 Å². The van der Waals surface area contributed by atoms with E-state index in [0.717, 1.165) is 5.28 Å². The summed E-state index contributed by atoms with van der Waals surface area (Å²) in [6, 6.07) is 0. The van der Waals surface area contributed by atoms with Crippen LogP contribution in [0.15, 0.2) is 0 Å². The van der Waals surface area contributed by atoms with Gasteiger partial charge < -0.3 is 0 Å². The molecule has 0 aromatic rings. The third kappa shape index (κ3) is 2.86. The van der Waals surface area contributed by atoms with E-state index >= 15 is 0 Å². The van der Waals surface area contributed by atoms with Crippen molar-refractivity contribution in [3.63, 3.8) is 0 Å². The molecule has 50 valence electrons. The minimum atomic E-state index is 1.10. The molecule has 0 aliphatic rings. The summed E-state index contributed by atoms with van der Waals surface area (Å²) in [4.78, 5) is 4.56. The van der Waals surface area contributed by atoms with Gasteiger partial charge in [0.15, 0.2) is 0 Å². The second-order valence-corrected chi connectivity index (χ2v) is 0.968. The number of nitrogens with zero attached hydrogens (tertiary/aromatic N) is 1. The van der Waals surface area contributed by atoms with Crippen molar-refractivity contribution < 1.29 is 4.84 Å². The summed E-state index contributed by atoms with van der Waals surface area (Å²) < 4.78 is 0. The van der Waals surface area contributed by atoms with E-state index in [2.05, 4.69) is 21.3 Å². The molecule has 0 unspecified atom stereocenters. The lowest BCUT2D eigenvalue weighted by Crippen LogP contribution is -2.54. The van der Waals surface area contributed by atoms with Gasteiger partial charge >= 0.3 is 0 Å². The number of hydrogen-bond donors (Lipinski definition) is 4. The minimum absolute atomic E-state index is 1.10. The molecule has 0 aliphatic carbocycles. The lowest BCUT2D eigenvalue weighted by atomic mass is 11.5. The first kappa shape index (κ1) is 7.76. The van der Waals surface area contributed by atoms with Crippen LogP contribution in [-0.2, 0) is 4.84 Å². The molecule has 0 atom stereocenters. The van der Waals surface area contributed by atoms with Gasteiger partial charge in [0.25, 0.3) is 0 Å². The number of hydrogen-bond acceptors (Lipinski definition) is 6. The summed E-state index contributed by atoms with van der Waals surface area (Å²) in [6.45, 7) is 0. The zero-order chi connectivity index (χ0) is 6.41. The largest absolute Gasteiger partial charge is 0.271 e. The molecule has 0 amide bonds. The number of nitrogens with one attached hydrogen (secondary N) is 3. The summed E-state index contributed by atoms with van der Waals surface area (Å²) in [6.07, 6.45) is 0. The Morgan fingerprint density at radius 3 is 2.38 bits per heavy atom. The molecule has 6 nitrogen and oxygen atoms in total. The molecule has 0 radical (unpaired) electrons. The molecular weight excluding hydrogens is 110 g/mol. The first-order chi connectivity index (χ1) is 3.85. The highest BCUT2D eigenvalue weighted by Crippen LogP contribution is 1.63. The van der Waals surface area contributed by atoms with E-state index in [9.17, 15) is 0 Å². The van der Waals surface area contributed by atoms with Crippen molar-refractivity contribution in [3.05, 3.63) is 0 Å². The van der Waals surface area contributed by atoms with Gasteiger partial charge in [0.05, 0.1) is 7.11 Å². The van der Waals surface area contributed by atoms with Crippen LogP contribution in [0.4, 0.5) is 0 Å². The molecule has 0 aliphatic heterocycles. The molecule has 0 heterocycles. The summed E-state index contributed by atoms with van der Waals surface area (Å²) in [5, 5.41) is 1.10. The third-order valence-electron chi connectivity index (χ3n) is 0.513. The maximum atomic E-state index is 4.92. The predicted octanol–water partition coefficient (Wildman–Crippen LogP) is -2.13. The number of rotatable bonds is 4. The predicted molar refractivity (Wildman–Crippen MR) is 28.4 cm³/mol. The number of hydrazine groups is 4. The summed E-state index contributed by atoms with van der Waals surface area (Å²) >= 11 is 0. The fourth-order valence-corrected chi connectivity index (χ4v) is 0.232. The van der Waals surface area contributed by atoms with Crippen LogP contribution >= 0.6 is 0 Å². The molecular formula is C2H11N5O. The molecule has 0 bridgehead atoms. The van der Waals surface area contributed by atoms with Crippen LogP contribution in [0.1, 0.15) is 0 Å². The van der Waals surface area contributed by atoms with E-state index in [4.69, 9.17) is 5.84 Å². The van der Waals surface area contributed by atoms with Crippen LogP contribution < -0.4 is 22.3 Å². The SMILES string of the molecule is CNNN(NN)OC. The molecule has 5 N–H and O–H groups in total. The fourth-order valence-electron chi connectivity index (χ4n) is 0.232. The highest BCUT2D eigenvalue weighted by Gasteiger charge is 1.91. The van der Waals surface area contributed by atoms with Crippen molar-refractivity contribution in [1.82, 2.24) is 21.8 Å². The number of nitrogens with two attached hydrogens (primary N) is 1. The van der Waals surface area contributed by atoms with Crippen molar-refractivity contribution in [1.29, 1.82) is 0 Å². The normalized spacial score (nSPS) is 10.5. The maximum absolute atomic E-state index is 4.92. The minimum Gasteiger partial charge on any atom is -0.271 e. The van der Waals surface area contributed by atoms with Gasteiger partial charge in [-0.25, -0.2) is 5.43 Å². The third-order valence-corrected chi connectivity index (χ3v) is 0.513. The van der Waals surface area contributed by atoms with E-state index in [1.165, 1.54) is 7.11 Å². The highest BCUT2D eigenvalue weighted by molar-refractivity contribution is 4.06. The van der Waals surface area contributed by atoms with E-state index in [1.807, 2.05) is 0 Å². The van der Waals surface area contributed by atoms with Gasteiger partial charge in [0.2, 0.25) is 0 Å². The van der Waals surface area contributed by atoms with E-state index in [0.29, 0.717) is 0 Å². The van der Waals surface area contributed by atoms with Gasteiger partial charge in [-0.05, 0) is 12.3 Å². The molecule has 0 aromatic heterocycles. The van der Waals surface area contributed by atoms with Crippen LogP contribution in [0, 0.1) is 0 Å². The van der Waals surface area contributed by atoms with Gasteiger partial charge in [-0.1, -0.05) is 0 Å². The van der Waals surface area contributed by atoms with Crippen molar-refractivity contribution in [2.75, 3.05) is 14.2 Å². The van der Waals surface area contributed by atoms with E-state index in [-0.39, 0.29) is 0 Å². The van der Waals surface area contributed by atoms with Crippen LogP contribution in [0.25, 0.3) is 0 Å². The van der Waals surface area contributed by atoms with Crippen LogP contribution in [0.2, 0.25) is 0 Å². The quantitative estimate of drug-likeness (QED) is 0.251. The van der Waals surface area contributed by atoms with E-state index in [1.54, 1.807) is 7.05 Å². The highest BCUT2D eigenvalue weighted by atomic mass is 16.7. The molecule has 0 saturated heterocycles. The Morgan fingerprint density at radius 1 is 1.62 bits per heavy atom. The van der Waals surface area contributed by atoms with E-state index < -0.39 is 0 Å². The van der Waals surface area contributed by atoms with Crippen LogP contribution in [0.5, 0.6) is 0 Å². The summed E-state index contributed by atoms with van der Waals surface area (Å²) in [5.41, 5.74) is 7.28. The molecule has 0 aromatic carbocycles. The van der Waals surface area contributed by atoms with Crippen molar-refractivity contribution in [2.45, 2.75) is 0 Å². The van der Waals surface area contributed by atoms with Gasteiger partial charge in [-0.15, -0.1) is 0 Å². The zero-order valence-corrected chi connectivity index (χ0v) is 4.93. The maximum Gasteiger partial charge on any atom is 0.0608 e. The first-order valence-electron chi connectivity index (χ1n) is 2.08. The average Bonchev–Trinajstić information content (AvgIpc) is 1.83. The summed E-state index contributed by atoms with van der Waals surface area (Å²) in [7, 11) is 3.15. The molecule has 0 spiro atoms. The lowest BCUT2D eigenvalue weighted by Gasteiger charge is -2.16. The Bertz CT molecular complexity index is 45.7.